The largest absolute Gasteiger partial charge is 0.332 e. The van der Waals surface area contributed by atoms with Crippen molar-refractivity contribution in [2.75, 3.05) is 31.9 Å². The number of hydrogen-bond donors (Lipinski definition) is 6. The predicted octanol–water partition coefficient (Wildman–Crippen LogP) is 37.4. The molecule has 12 nitrogen and oxygen atoms in total. The SMILES string of the molecule is CC(C)(C)c1ccc(-c2csc(Nc3cccc4ccccc34)n2)cc1.CCCc1sc(Nc2ccc(C)cc2)nc1-c1ccccc1.CCCc1sc(Nc2ccc(Cl)cc2)nc1-c1ccccc1.CCCc1sc(Nc2cccc(Cl)c2)nc1-c1ccccc1.CCc1ccc(-c2csc(Nc3cccc4ccccc34)n2)cc1.Cc1ccc(-c2csc(Nc3cccc4ccccc34)n2)cc1. The van der Waals surface area contributed by atoms with Crippen molar-refractivity contribution in [3.63, 3.8) is 0 Å². The fourth-order valence-electron chi connectivity index (χ4n) is 15.5. The van der Waals surface area contributed by atoms with Crippen LogP contribution in [-0.2, 0) is 31.1 Å². The molecule has 0 unspecified atom stereocenters. The van der Waals surface area contributed by atoms with Gasteiger partial charge in [0, 0.05) is 124 Å². The van der Waals surface area contributed by atoms with Gasteiger partial charge in [0.25, 0.3) is 0 Å². The molecule has 0 amide bonds. The van der Waals surface area contributed by atoms with E-state index in [2.05, 4.69) is 408 Å². The van der Waals surface area contributed by atoms with Gasteiger partial charge in [0.05, 0.1) is 34.2 Å². The zero-order valence-corrected chi connectivity index (χ0v) is 85.6. The van der Waals surface area contributed by atoms with Crippen LogP contribution in [0.5, 0.6) is 0 Å². The fraction of sp³-hybridized carbons (Fsp3) is 0.143. The number of thiazole rings is 6. The summed E-state index contributed by atoms with van der Waals surface area (Å²) in [6.45, 7) is 19.7. The van der Waals surface area contributed by atoms with E-state index in [1.165, 1.54) is 85.9 Å². The first-order valence-corrected chi connectivity index (χ1v) is 52.7. The van der Waals surface area contributed by atoms with Crippen LogP contribution >= 0.6 is 91.2 Å². The quantitative estimate of drug-likeness (QED) is 0.0323. The molecule has 21 rings (SSSR count). The average molecular weight is 1970 g/mol. The summed E-state index contributed by atoms with van der Waals surface area (Å²) in [5, 5.41) is 41.2. The van der Waals surface area contributed by atoms with Crippen LogP contribution in [0.15, 0.2) is 380 Å². The molecule has 0 bridgehead atoms. The minimum Gasteiger partial charge on any atom is -0.332 e. The van der Waals surface area contributed by atoms with Crippen LogP contribution < -0.4 is 31.9 Å². The second-order valence-electron chi connectivity index (χ2n) is 34.3. The van der Waals surface area contributed by atoms with Gasteiger partial charge in [-0.15, -0.1) is 68.0 Å². The van der Waals surface area contributed by atoms with Crippen LogP contribution in [0.25, 0.3) is 99.9 Å². The predicted molar refractivity (Wildman–Crippen MR) is 606 cm³/mol. The maximum atomic E-state index is 6.04. The maximum Gasteiger partial charge on any atom is 0.187 e. The number of fused-ring (bicyclic) bond motifs is 3. The average Bonchev–Trinajstić information content (AvgIpc) is 1.69. The van der Waals surface area contributed by atoms with Crippen LogP contribution in [0, 0.1) is 13.8 Å². The third kappa shape index (κ3) is 27.2. The van der Waals surface area contributed by atoms with Crippen molar-refractivity contribution in [1.29, 1.82) is 0 Å². The molecule has 0 radical (unpaired) electrons. The molecular formula is C119H110Cl2N12S6. The number of aromatic nitrogens is 6. The van der Waals surface area contributed by atoms with Crippen LogP contribution in [0.4, 0.5) is 64.9 Å². The Labute approximate surface area is 850 Å². The van der Waals surface area contributed by atoms with E-state index in [1.807, 2.05) is 66.7 Å². The van der Waals surface area contributed by atoms with E-state index in [-0.39, 0.29) is 5.41 Å². The summed E-state index contributed by atoms with van der Waals surface area (Å²) < 4.78 is 0. The molecule has 0 fully saturated rings. The topological polar surface area (TPSA) is 150 Å². The van der Waals surface area contributed by atoms with E-state index >= 15 is 0 Å². The Morgan fingerprint density at radius 1 is 0.273 bits per heavy atom. The molecule has 15 aromatic carbocycles. The van der Waals surface area contributed by atoms with Gasteiger partial charge in [0.15, 0.2) is 30.8 Å². The minimum absolute atomic E-state index is 0.168. The molecule has 696 valence electrons. The zero-order valence-electron chi connectivity index (χ0n) is 79.2. The first kappa shape index (κ1) is 98.3. The van der Waals surface area contributed by atoms with Gasteiger partial charge in [0.1, 0.15) is 0 Å². The van der Waals surface area contributed by atoms with Gasteiger partial charge in [-0.1, -0.05) is 393 Å². The Hall–Kier alpha value is -13.8. The highest BCUT2D eigenvalue weighted by Crippen LogP contribution is 2.41. The van der Waals surface area contributed by atoms with Crippen molar-refractivity contribution in [1.82, 2.24) is 29.9 Å². The number of anilines is 12. The van der Waals surface area contributed by atoms with Gasteiger partial charge in [0.2, 0.25) is 0 Å². The summed E-state index contributed by atoms with van der Waals surface area (Å²) in [5.41, 5.74) is 25.0. The summed E-state index contributed by atoms with van der Waals surface area (Å²) in [5.74, 6) is 0. The Morgan fingerprint density at radius 2 is 0.590 bits per heavy atom. The van der Waals surface area contributed by atoms with Crippen molar-refractivity contribution in [3.8, 4) is 67.5 Å². The highest BCUT2D eigenvalue weighted by Gasteiger charge is 2.20. The summed E-state index contributed by atoms with van der Waals surface area (Å²) in [6.07, 6.45) is 7.57. The van der Waals surface area contributed by atoms with Crippen LogP contribution in [0.3, 0.4) is 0 Å². The van der Waals surface area contributed by atoms with Gasteiger partial charge < -0.3 is 31.9 Å². The molecule has 0 saturated heterocycles. The number of benzene rings is 15. The van der Waals surface area contributed by atoms with Gasteiger partial charge in [-0.25, -0.2) is 29.9 Å². The van der Waals surface area contributed by atoms with Crippen molar-refractivity contribution >= 4 is 188 Å². The highest BCUT2D eigenvalue weighted by atomic mass is 35.5. The summed E-state index contributed by atoms with van der Waals surface area (Å²) in [6, 6.07) is 125. The standard InChI is InChI=1S/C23H22N2S.C21H18N2S.C20H16N2S.C19H20N2S.2C18H17ClN2S/c1-23(2,3)18-13-11-17(12-14-18)21-15-26-22(25-21)24-20-10-6-8-16-7-4-5-9-19(16)20;1-2-15-10-12-17(13-11-15)20-14-24-21(23-20)22-19-9-5-7-16-6-3-4-8-18(16)19;1-14-9-11-16(12-10-14)19-13-23-20(22-19)21-18-8-4-6-15-5-2-3-7-17(15)18;1-3-7-17-18(15-8-5-4-6-9-15)21-19(22-17)20-16-12-10-14(2)11-13-16;1-2-7-16-17(13-8-4-3-5-9-13)21-18(22-16)20-15-11-6-10-14(19)12-15;1-2-6-16-17(13-7-4-3-5-8-13)21-18(22-16)20-15-11-9-14(19)10-12-15/h4-15H,1-3H3,(H,24,25);3-14H,2H2,1H3,(H,22,23);2-13H,1H3,(H,21,22);4-6,8-13H,3,7H2,1-2H3,(H,20,21);3-6,8-12H,2,7H2,1H3,(H,20,21);3-5,7-12H,2,6H2,1H3,(H,20,21). The summed E-state index contributed by atoms with van der Waals surface area (Å²) in [7, 11) is 0. The normalized spacial score (nSPS) is 10.9. The van der Waals surface area contributed by atoms with E-state index in [1.54, 1.807) is 68.0 Å². The Bertz CT molecular complexity index is 7330. The van der Waals surface area contributed by atoms with Crippen molar-refractivity contribution < 1.29 is 0 Å². The van der Waals surface area contributed by atoms with E-state index in [0.29, 0.717) is 0 Å². The van der Waals surface area contributed by atoms with E-state index in [4.69, 9.17) is 53.1 Å². The lowest BCUT2D eigenvalue weighted by atomic mass is 9.86. The van der Waals surface area contributed by atoms with E-state index in [9.17, 15) is 0 Å². The van der Waals surface area contributed by atoms with Gasteiger partial charge in [-0.3, -0.25) is 0 Å². The van der Waals surface area contributed by atoms with Crippen LogP contribution in [0.1, 0.15) is 105 Å². The van der Waals surface area contributed by atoms with Crippen molar-refractivity contribution in [3.05, 3.63) is 427 Å². The third-order valence-electron chi connectivity index (χ3n) is 22.8. The molecule has 0 aliphatic carbocycles. The molecule has 6 heterocycles. The number of aryl methyl sites for hydroxylation is 6. The van der Waals surface area contributed by atoms with Crippen LogP contribution in [0.2, 0.25) is 10.0 Å². The number of rotatable bonds is 25. The van der Waals surface area contributed by atoms with Crippen molar-refractivity contribution in [2.24, 2.45) is 0 Å². The Balaban J connectivity index is 0.000000121. The maximum absolute atomic E-state index is 6.04. The molecule has 6 aromatic heterocycles. The Morgan fingerprint density at radius 3 is 0.942 bits per heavy atom. The van der Waals surface area contributed by atoms with E-state index < -0.39 is 0 Å². The molecule has 0 saturated carbocycles. The lowest BCUT2D eigenvalue weighted by Gasteiger charge is -2.18. The number of nitrogens with zero attached hydrogens (tertiary/aromatic N) is 6. The third-order valence-corrected chi connectivity index (χ3v) is 28.6. The molecule has 20 heteroatoms. The molecule has 6 N–H and O–H groups in total. The molecule has 21 aromatic rings. The minimum atomic E-state index is 0.168. The Kier molecular flexibility index (Phi) is 34.3. The number of nitrogens with one attached hydrogen (secondary N) is 6. The second-order valence-corrected chi connectivity index (χ2v) is 41.0. The molecule has 0 spiro atoms. The summed E-state index contributed by atoms with van der Waals surface area (Å²) >= 11 is 22.1. The number of halogens is 2. The zero-order chi connectivity index (χ0) is 96.2. The van der Waals surface area contributed by atoms with Crippen LogP contribution in [-0.4, -0.2) is 29.9 Å². The lowest BCUT2D eigenvalue weighted by molar-refractivity contribution is 0.590. The van der Waals surface area contributed by atoms with Gasteiger partial charge >= 0.3 is 0 Å². The van der Waals surface area contributed by atoms with Crippen molar-refractivity contribution in [2.45, 2.75) is 113 Å². The lowest BCUT2D eigenvalue weighted by Crippen LogP contribution is -2.10. The highest BCUT2D eigenvalue weighted by molar-refractivity contribution is 7.17. The number of hydrogen-bond acceptors (Lipinski definition) is 18. The first-order valence-electron chi connectivity index (χ1n) is 46.8. The molecule has 0 aliphatic rings. The smallest absolute Gasteiger partial charge is 0.187 e. The molecule has 139 heavy (non-hydrogen) atoms. The monoisotopic (exact) mass is 1970 g/mol. The summed E-state index contributed by atoms with van der Waals surface area (Å²) in [4.78, 5) is 32.6. The van der Waals surface area contributed by atoms with Gasteiger partial charge in [-0.2, -0.15) is 0 Å². The first-order chi connectivity index (χ1) is 67.9. The van der Waals surface area contributed by atoms with Gasteiger partial charge in [-0.05, 0) is 145 Å². The molecular weight excluding hydrogens is 1860 g/mol. The van der Waals surface area contributed by atoms with E-state index in [0.717, 1.165) is 171 Å². The fourth-order valence-corrected chi connectivity index (χ4v) is 21.3. The second kappa shape index (κ2) is 48.5. The molecule has 0 atom stereocenters. The molecule has 0 aliphatic heterocycles.